The number of carbonyl (C=O) groups is 1. The summed E-state index contributed by atoms with van der Waals surface area (Å²) in [6.45, 7) is 1.75. The molecule has 2 atom stereocenters. The van der Waals surface area contributed by atoms with Crippen LogP contribution in [0.15, 0.2) is 115 Å². The highest BCUT2D eigenvalue weighted by Gasteiger charge is 2.44. The fourth-order valence-corrected chi connectivity index (χ4v) is 11.4. The van der Waals surface area contributed by atoms with E-state index in [9.17, 15) is 20.0 Å². The van der Waals surface area contributed by atoms with Crippen molar-refractivity contribution >= 4 is 34.8 Å². The Morgan fingerprint density at radius 2 is 1.00 bits per heavy atom. The smallest absolute Gasteiger partial charge is 0.269 e. The third-order valence-corrected chi connectivity index (χ3v) is 14.3. The highest BCUT2D eigenvalue weighted by Crippen LogP contribution is 2.56. The minimum atomic E-state index is -1.71. The van der Waals surface area contributed by atoms with Crippen molar-refractivity contribution in [1.82, 2.24) is 5.32 Å². The highest BCUT2D eigenvalue weighted by molar-refractivity contribution is 7.95. The molecule has 1 amide bonds. The summed E-state index contributed by atoms with van der Waals surface area (Å²) >= 11 is 0. The Labute approximate surface area is 300 Å². The number of benzene rings is 4. The summed E-state index contributed by atoms with van der Waals surface area (Å²) in [6, 6.07) is 39.0. The van der Waals surface area contributed by atoms with Crippen molar-refractivity contribution in [3.63, 3.8) is 0 Å². The van der Waals surface area contributed by atoms with Gasteiger partial charge in [0.25, 0.3) is 5.69 Å². The Morgan fingerprint density at radius 3 is 1.40 bits per heavy atom. The molecular weight excluding hydrogens is 639 g/mol. The van der Waals surface area contributed by atoms with Crippen LogP contribution in [0.25, 0.3) is 0 Å². The summed E-state index contributed by atoms with van der Waals surface area (Å²) in [6.07, 6.45) is 16.6. The van der Waals surface area contributed by atoms with Crippen LogP contribution in [0.2, 0.25) is 0 Å². The number of nitrogens with one attached hydrogen (secondary N) is 1. The molecule has 50 heavy (non-hydrogen) atoms. The molecule has 0 fully saturated rings. The van der Waals surface area contributed by atoms with E-state index >= 15 is 0 Å². The molecule has 0 heterocycles. The molecule has 0 aliphatic rings. The molecule has 0 unspecified atom stereocenters. The number of aliphatic hydroxyl groups is 1. The summed E-state index contributed by atoms with van der Waals surface area (Å²) in [5.74, 6) is -0.0666. The number of carbonyl (C=O) groups excluding carboxylic acids is 1. The van der Waals surface area contributed by atoms with Crippen molar-refractivity contribution in [3.8, 4) is 0 Å². The first kappa shape index (κ1) is 38.9. The van der Waals surface area contributed by atoms with Crippen LogP contribution in [0.1, 0.15) is 108 Å². The number of rotatable bonds is 23. The topological polar surface area (TPSA) is 92.5 Å². The van der Waals surface area contributed by atoms with Crippen molar-refractivity contribution in [2.24, 2.45) is 0 Å². The van der Waals surface area contributed by atoms with Crippen LogP contribution in [0.4, 0.5) is 5.69 Å². The van der Waals surface area contributed by atoms with E-state index in [2.05, 4.69) is 96.3 Å². The van der Waals surface area contributed by atoms with Gasteiger partial charge in [-0.05, 0) is 80.3 Å². The lowest BCUT2D eigenvalue weighted by molar-refractivity contribution is -0.384. The normalized spacial score (nSPS) is 12.7. The number of non-ortho nitro benzene ring substituents is 1. The van der Waals surface area contributed by atoms with Crippen LogP contribution in [0.3, 0.4) is 0 Å². The van der Waals surface area contributed by atoms with Gasteiger partial charge >= 0.3 is 0 Å². The van der Waals surface area contributed by atoms with E-state index in [0.717, 1.165) is 19.3 Å². The maximum atomic E-state index is 12.4. The first-order chi connectivity index (χ1) is 24.4. The minimum Gasteiger partial charge on any atom is -0.386 e. The first-order valence-electron chi connectivity index (χ1n) is 18.7. The average molecular weight is 696 g/mol. The predicted molar refractivity (Wildman–Crippen MR) is 210 cm³/mol. The molecule has 0 spiro atoms. The van der Waals surface area contributed by atoms with Gasteiger partial charge in [0.2, 0.25) is 5.91 Å². The molecule has 4 aromatic carbocycles. The third kappa shape index (κ3) is 11.9. The lowest BCUT2D eigenvalue weighted by atomic mass is 10.0. The second kappa shape index (κ2) is 21.4. The Morgan fingerprint density at radius 1 is 0.620 bits per heavy atom. The van der Waals surface area contributed by atoms with Crippen LogP contribution in [-0.4, -0.2) is 28.1 Å². The Balaban J connectivity index is 1.04. The zero-order valence-electron chi connectivity index (χ0n) is 29.8. The lowest BCUT2D eigenvalue weighted by Crippen LogP contribution is -2.36. The van der Waals surface area contributed by atoms with Gasteiger partial charge in [-0.3, -0.25) is 14.9 Å². The molecule has 7 heteroatoms. The zero-order valence-corrected chi connectivity index (χ0v) is 30.7. The van der Waals surface area contributed by atoms with Crippen LogP contribution in [0.5, 0.6) is 0 Å². The van der Waals surface area contributed by atoms with Gasteiger partial charge in [0, 0.05) is 18.6 Å². The van der Waals surface area contributed by atoms with Crippen molar-refractivity contribution in [1.29, 1.82) is 0 Å². The summed E-state index contributed by atoms with van der Waals surface area (Å²) < 4.78 is 0. The van der Waals surface area contributed by atoms with E-state index in [1.54, 1.807) is 6.92 Å². The molecule has 0 aliphatic heterocycles. The third-order valence-electron chi connectivity index (χ3n) is 9.80. The summed E-state index contributed by atoms with van der Waals surface area (Å²) in [5.41, 5.74) is 0.526. The largest absolute Gasteiger partial charge is 0.386 e. The van der Waals surface area contributed by atoms with E-state index in [1.165, 1.54) is 111 Å². The molecule has 6 nitrogen and oxygen atoms in total. The van der Waals surface area contributed by atoms with Gasteiger partial charge in [0.1, 0.15) is 23.2 Å². The lowest BCUT2D eigenvalue weighted by Gasteiger charge is -2.27. The number of unbranched alkanes of at least 4 members (excludes halogenated alkanes) is 12. The summed E-state index contributed by atoms with van der Waals surface area (Å²) in [4.78, 5) is 22.7. The molecule has 0 saturated carbocycles. The summed E-state index contributed by atoms with van der Waals surface area (Å²) in [7, 11) is -1.71. The standard InChI is InChI=1S/C43H55N2O4P/c1-36(43(47)37-31-33-38(34-32-37)45(48)49)44-42(46)30-22-11-9-7-5-3-2-4-6-8-10-12-23-35-50(39-24-16-13-17-25-39,40-26-18-14-19-27-40)41-28-20-15-21-29-41/h13-21,24-29,31-34,36,43,47H,2-12,22-23,30,35H2,1H3/p+1/t36-,43+/m1/s1. The van der Waals surface area contributed by atoms with E-state index in [-0.39, 0.29) is 11.6 Å². The van der Waals surface area contributed by atoms with E-state index in [0.29, 0.717) is 12.0 Å². The highest BCUT2D eigenvalue weighted by atomic mass is 31.2. The van der Waals surface area contributed by atoms with Gasteiger partial charge in [-0.15, -0.1) is 0 Å². The van der Waals surface area contributed by atoms with Gasteiger partial charge in [0.15, 0.2) is 0 Å². The maximum Gasteiger partial charge on any atom is 0.269 e. The first-order valence-corrected chi connectivity index (χ1v) is 20.7. The average Bonchev–Trinajstić information content (AvgIpc) is 3.15. The van der Waals surface area contributed by atoms with Gasteiger partial charge in [-0.2, -0.15) is 0 Å². The van der Waals surface area contributed by atoms with Crippen molar-refractivity contribution < 1.29 is 14.8 Å². The molecule has 0 saturated heterocycles. The number of nitro benzene ring substituents is 1. The summed E-state index contributed by atoms with van der Waals surface area (Å²) in [5, 5.41) is 28.7. The van der Waals surface area contributed by atoms with E-state index in [1.807, 2.05) is 0 Å². The number of nitrogens with zero attached hydrogens (tertiary/aromatic N) is 1. The molecule has 0 radical (unpaired) electrons. The molecule has 2 N–H and O–H groups in total. The van der Waals surface area contributed by atoms with Gasteiger partial charge in [-0.1, -0.05) is 119 Å². The van der Waals surface area contributed by atoms with Crippen LogP contribution < -0.4 is 21.2 Å². The van der Waals surface area contributed by atoms with E-state index < -0.39 is 24.3 Å². The second-order valence-corrected chi connectivity index (χ2v) is 17.2. The van der Waals surface area contributed by atoms with Crippen molar-refractivity contribution in [3.05, 3.63) is 131 Å². The Hall–Kier alpha value is -3.86. The van der Waals surface area contributed by atoms with Crippen LogP contribution in [-0.2, 0) is 4.79 Å². The number of nitro groups is 1. The van der Waals surface area contributed by atoms with Gasteiger partial charge in [0.05, 0.1) is 23.2 Å². The fraction of sp³-hybridized carbons (Fsp3) is 0.419. The Bertz CT molecular complexity index is 1440. The number of hydrogen-bond donors (Lipinski definition) is 2. The molecule has 0 aliphatic carbocycles. The minimum absolute atomic E-state index is 0.0230. The van der Waals surface area contributed by atoms with Gasteiger partial charge in [-0.25, -0.2) is 0 Å². The second-order valence-electron chi connectivity index (χ2n) is 13.5. The molecule has 266 valence electrons. The van der Waals surface area contributed by atoms with Crippen molar-refractivity contribution in [2.75, 3.05) is 6.16 Å². The van der Waals surface area contributed by atoms with Crippen LogP contribution >= 0.6 is 7.26 Å². The monoisotopic (exact) mass is 695 g/mol. The quantitative estimate of drug-likeness (QED) is 0.0350. The number of aliphatic hydroxyl groups excluding tert-OH is 1. The fourth-order valence-electron chi connectivity index (χ4n) is 6.95. The molecule has 4 aromatic rings. The SMILES string of the molecule is C[C@@H](NC(=O)CCCCCCCCCCCCCCC[P+](c1ccccc1)(c1ccccc1)c1ccccc1)[C@H](O)c1ccc([N+](=O)[O-])cc1. The molecule has 4 rings (SSSR count). The number of hydrogen-bond acceptors (Lipinski definition) is 4. The number of amides is 1. The molecular formula is C43H56N2O4P+. The van der Waals surface area contributed by atoms with Gasteiger partial charge < -0.3 is 10.4 Å². The Kier molecular flexibility index (Phi) is 16.6. The maximum absolute atomic E-state index is 12.4. The van der Waals surface area contributed by atoms with Crippen LogP contribution in [0, 0.1) is 10.1 Å². The molecule has 0 bridgehead atoms. The zero-order chi connectivity index (χ0) is 35.4. The molecule has 0 aromatic heterocycles. The van der Waals surface area contributed by atoms with E-state index in [4.69, 9.17) is 0 Å². The predicted octanol–water partition coefficient (Wildman–Crippen LogP) is 9.59. The van der Waals surface area contributed by atoms with Crippen molar-refractivity contribution in [2.45, 2.75) is 109 Å².